The number of amides is 3. The van der Waals surface area contributed by atoms with Crippen LogP contribution in [0.5, 0.6) is 0 Å². The molecule has 1 atom stereocenters. The Bertz CT molecular complexity index is 882. The maximum Gasteiger partial charge on any atom is 0.345 e. The number of aryl methyl sites for hydroxylation is 1. The first kappa shape index (κ1) is 18.1. The minimum Gasteiger partial charge on any atom is -0.305 e. The number of aliphatic imine (C=N–C) groups is 1. The molecule has 0 aromatic heterocycles. The van der Waals surface area contributed by atoms with E-state index < -0.39 is 6.03 Å². The molecule has 1 aliphatic rings. The Kier molecular flexibility index (Phi) is 5.06. The molecule has 1 heterocycles. The summed E-state index contributed by atoms with van der Waals surface area (Å²) in [6.07, 6.45) is 0. The maximum atomic E-state index is 12.8. The Morgan fingerprint density at radius 3 is 2.54 bits per heavy atom. The lowest BCUT2D eigenvalue weighted by Gasteiger charge is -2.25. The quantitative estimate of drug-likeness (QED) is 0.871. The SMILES string of the molecule is Cc1ccc(NC(=O)N=C2C(=O)N(c3ccccc3)N(C)C2C)c(Cl)c1. The Labute approximate surface area is 157 Å². The number of nitrogens with one attached hydrogen (secondary N) is 1. The summed E-state index contributed by atoms with van der Waals surface area (Å²) >= 11 is 6.13. The van der Waals surface area contributed by atoms with Crippen LogP contribution in [-0.2, 0) is 4.79 Å². The number of rotatable bonds is 2. The molecule has 2 aromatic rings. The highest BCUT2D eigenvalue weighted by Crippen LogP contribution is 2.25. The largest absolute Gasteiger partial charge is 0.345 e. The summed E-state index contributed by atoms with van der Waals surface area (Å²) in [5.74, 6) is -0.323. The van der Waals surface area contributed by atoms with Crippen LogP contribution in [0.2, 0.25) is 5.02 Å². The van der Waals surface area contributed by atoms with Crippen molar-refractivity contribution in [3.8, 4) is 0 Å². The minimum atomic E-state index is -0.630. The summed E-state index contributed by atoms with van der Waals surface area (Å²) in [5.41, 5.74) is 2.34. The molecule has 1 N–H and O–H groups in total. The van der Waals surface area contributed by atoms with Crippen molar-refractivity contribution >= 4 is 40.6 Å². The molecule has 7 heteroatoms. The van der Waals surface area contributed by atoms with Gasteiger partial charge in [-0.25, -0.2) is 14.8 Å². The number of hydrogen-bond donors (Lipinski definition) is 1. The molecule has 0 saturated carbocycles. The van der Waals surface area contributed by atoms with E-state index in [0.717, 1.165) is 11.3 Å². The van der Waals surface area contributed by atoms with Gasteiger partial charge in [0.1, 0.15) is 5.71 Å². The van der Waals surface area contributed by atoms with Gasteiger partial charge in [0.15, 0.2) is 0 Å². The molecule has 1 saturated heterocycles. The molecule has 0 bridgehead atoms. The van der Waals surface area contributed by atoms with Crippen LogP contribution in [0.25, 0.3) is 0 Å². The lowest BCUT2D eigenvalue weighted by Crippen LogP contribution is -2.38. The summed E-state index contributed by atoms with van der Waals surface area (Å²) in [7, 11) is 1.78. The van der Waals surface area contributed by atoms with Crippen molar-refractivity contribution in [1.82, 2.24) is 5.01 Å². The number of carbonyl (C=O) groups excluding carboxylic acids is 2. The van der Waals surface area contributed by atoms with Gasteiger partial charge in [-0.3, -0.25) is 4.79 Å². The minimum absolute atomic E-state index is 0.178. The number of anilines is 2. The number of hydrogen-bond acceptors (Lipinski definition) is 3. The number of urea groups is 1. The number of hydrazine groups is 1. The fourth-order valence-electron chi connectivity index (χ4n) is 2.76. The van der Waals surface area contributed by atoms with Crippen molar-refractivity contribution in [2.75, 3.05) is 17.4 Å². The van der Waals surface area contributed by atoms with Crippen LogP contribution in [0, 0.1) is 6.92 Å². The normalized spacial score (nSPS) is 19.2. The predicted molar refractivity (Wildman–Crippen MR) is 104 cm³/mol. The highest BCUT2D eigenvalue weighted by Gasteiger charge is 2.40. The Morgan fingerprint density at radius 2 is 1.88 bits per heavy atom. The predicted octanol–water partition coefficient (Wildman–Crippen LogP) is 3.90. The van der Waals surface area contributed by atoms with Gasteiger partial charge in [0.2, 0.25) is 0 Å². The fourth-order valence-corrected chi connectivity index (χ4v) is 3.05. The number of carbonyl (C=O) groups is 2. The molecule has 2 aromatic carbocycles. The summed E-state index contributed by atoms with van der Waals surface area (Å²) in [4.78, 5) is 29.1. The zero-order chi connectivity index (χ0) is 18.8. The molecule has 26 heavy (non-hydrogen) atoms. The van der Waals surface area contributed by atoms with Crippen LogP contribution in [0.3, 0.4) is 0 Å². The monoisotopic (exact) mass is 370 g/mol. The fraction of sp³-hybridized carbons (Fsp3) is 0.211. The number of nitrogens with zero attached hydrogens (tertiary/aromatic N) is 3. The first-order chi connectivity index (χ1) is 12.4. The van der Waals surface area contributed by atoms with E-state index in [2.05, 4.69) is 10.3 Å². The molecule has 0 aliphatic carbocycles. The first-order valence-electron chi connectivity index (χ1n) is 8.16. The van der Waals surface area contributed by atoms with Gasteiger partial charge in [-0.2, -0.15) is 4.99 Å². The van der Waals surface area contributed by atoms with Gasteiger partial charge in [0.25, 0.3) is 5.91 Å². The van der Waals surface area contributed by atoms with Gasteiger partial charge in [0.05, 0.1) is 22.4 Å². The highest BCUT2D eigenvalue weighted by molar-refractivity contribution is 6.48. The van der Waals surface area contributed by atoms with Crippen LogP contribution < -0.4 is 10.3 Å². The summed E-state index contributed by atoms with van der Waals surface area (Å²) in [6.45, 7) is 3.73. The zero-order valence-electron chi connectivity index (χ0n) is 14.7. The number of para-hydroxylation sites is 1. The van der Waals surface area contributed by atoms with Gasteiger partial charge in [-0.05, 0) is 43.7 Å². The van der Waals surface area contributed by atoms with E-state index >= 15 is 0 Å². The molecular weight excluding hydrogens is 352 g/mol. The van der Waals surface area contributed by atoms with Gasteiger partial charge < -0.3 is 5.32 Å². The second-order valence-corrected chi connectivity index (χ2v) is 6.52. The standard InChI is InChI=1S/C19H19ClN4O2/c1-12-9-10-16(15(20)11-12)21-19(26)22-17-13(2)23(3)24(18(17)25)14-7-5-4-6-8-14/h4-11,13H,1-3H3,(H,21,26). The van der Waals surface area contributed by atoms with E-state index in [1.165, 1.54) is 5.01 Å². The molecular formula is C19H19ClN4O2. The van der Waals surface area contributed by atoms with Crippen molar-refractivity contribution < 1.29 is 9.59 Å². The molecule has 3 amide bonds. The third-order valence-electron chi connectivity index (χ3n) is 4.27. The summed E-state index contributed by atoms with van der Waals surface area (Å²) < 4.78 is 0. The lowest BCUT2D eigenvalue weighted by molar-refractivity contribution is -0.113. The van der Waals surface area contributed by atoms with Crippen LogP contribution in [0.15, 0.2) is 53.5 Å². The molecule has 0 spiro atoms. The molecule has 1 aliphatic heterocycles. The molecule has 134 valence electrons. The second kappa shape index (κ2) is 7.27. The van der Waals surface area contributed by atoms with E-state index in [0.29, 0.717) is 10.7 Å². The molecule has 1 unspecified atom stereocenters. The molecule has 1 fully saturated rings. The summed E-state index contributed by atoms with van der Waals surface area (Å²) in [5, 5.41) is 6.31. The van der Waals surface area contributed by atoms with Crippen LogP contribution in [0.4, 0.5) is 16.2 Å². The maximum absolute atomic E-state index is 12.8. The van der Waals surface area contributed by atoms with Gasteiger partial charge in [-0.1, -0.05) is 35.9 Å². The van der Waals surface area contributed by atoms with Crippen molar-refractivity contribution in [1.29, 1.82) is 0 Å². The van der Waals surface area contributed by atoms with E-state index in [-0.39, 0.29) is 17.7 Å². The smallest absolute Gasteiger partial charge is 0.305 e. The van der Waals surface area contributed by atoms with E-state index in [9.17, 15) is 9.59 Å². The Morgan fingerprint density at radius 1 is 1.19 bits per heavy atom. The Balaban J connectivity index is 1.83. The molecule has 0 radical (unpaired) electrons. The molecule has 3 rings (SSSR count). The third-order valence-corrected chi connectivity index (χ3v) is 4.58. The topological polar surface area (TPSA) is 65.0 Å². The van der Waals surface area contributed by atoms with Crippen molar-refractivity contribution in [2.24, 2.45) is 4.99 Å². The highest BCUT2D eigenvalue weighted by atomic mass is 35.5. The van der Waals surface area contributed by atoms with Crippen LogP contribution >= 0.6 is 11.6 Å². The number of halogens is 1. The molecule has 6 nitrogen and oxygen atoms in total. The van der Waals surface area contributed by atoms with Crippen molar-refractivity contribution in [3.63, 3.8) is 0 Å². The van der Waals surface area contributed by atoms with Gasteiger partial charge >= 0.3 is 6.03 Å². The van der Waals surface area contributed by atoms with Gasteiger partial charge in [0, 0.05) is 7.05 Å². The Hall–Kier alpha value is -2.70. The van der Waals surface area contributed by atoms with E-state index in [1.807, 2.05) is 50.2 Å². The first-order valence-corrected chi connectivity index (χ1v) is 8.54. The van der Waals surface area contributed by atoms with Crippen LogP contribution in [-0.4, -0.2) is 35.7 Å². The van der Waals surface area contributed by atoms with Crippen LogP contribution in [0.1, 0.15) is 12.5 Å². The van der Waals surface area contributed by atoms with Crippen molar-refractivity contribution in [2.45, 2.75) is 19.9 Å². The van der Waals surface area contributed by atoms with Gasteiger partial charge in [-0.15, -0.1) is 0 Å². The van der Waals surface area contributed by atoms with E-state index in [4.69, 9.17) is 11.6 Å². The van der Waals surface area contributed by atoms with Crippen molar-refractivity contribution in [3.05, 3.63) is 59.1 Å². The second-order valence-electron chi connectivity index (χ2n) is 6.11. The summed E-state index contributed by atoms with van der Waals surface area (Å²) in [6, 6.07) is 13.6. The van der Waals surface area contributed by atoms with E-state index in [1.54, 1.807) is 24.2 Å². The number of benzene rings is 2. The lowest BCUT2D eigenvalue weighted by atomic mass is 10.2. The third kappa shape index (κ3) is 3.47. The zero-order valence-corrected chi connectivity index (χ0v) is 15.5. The average molecular weight is 371 g/mol. The average Bonchev–Trinajstić information content (AvgIpc) is 2.82.